The number of carbonyl (C=O) groups is 1. The van der Waals surface area contributed by atoms with Crippen LogP contribution >= 0.6 is 0 Å². The van der Waals surface area contributed by atoms with Crippen LogP contribution in [0.1, 0.15) is 76.0 Å². The third-order valence-corrected chi connectivity index (χ3v) is 9.22. The van der Waals surface area contributed by atoms with E-state index in [1.54, 1.807) is 0 Å². The number of rotatable bonds is 4. The Bertz CT molecular complexity index is 1080. The Hall–Kier alpha value is -2.63. The highest BCUT2D eigenvalue weighted by Gasteiger charge is 2.51. The Labute approximate surface area is 215 Å². The molecule has 1 aromatic carbocycles. The summed E-state index contributed by atoms with van der Waals surface area (Å²) in [6.07, 6.45) is 8.75. The molecule has 0 radical (unpaired) electrons. The molecule has 6 heteroatoms. The van der Waals surface area contributed by atoms with Gasteiger partial charge in [0.1, 0.15) is 5.82 Å². The standard InChI is InChI=1S/C30H41N5O/c1-20(2)26-21(3)31-27(25-8-5-4-6-9-25)32-28(26)34-10-7-11-35(13-12-34)29(36)33-30-17-22-14-23(18-30)16-24(15-22)19-30/h4-6,8-9,20,22-24H,7,10-19H2,1-3H3,(H,33,36). The highest BCUT2D eigenvalue weighted by atomic mass is 16.2. The molecule has 1 aliphatic heterocycles. The lowest BCUT2D eigenvalue weighted by molar-refractivity contribution is -0.0155. The fourth-order valence-electron chi connectivity index (χ4n) is 8.10. The zero-order valence-corrected chi connectivity index (χ0v) is 22.2. The van der Waals surface area contributed by atoms with Gasteiger partial charge in [-0.1, -0.05) is 44.2 Å². The maximum atomic E-state index is 13.5. The molecule has 1 N–H and O–H groups in total. The minimum absolute atomic E-state index is 0.0665. The van der Waals surface area contributed by atoms with Crippen LogP contribution in [-0.4, -0.2) is 52.6 Å². The van der Waals surface area contributed by atoms with E-state index < -0.39 is 0 Å². The van der Waals surface area contributed by atoms with Gasteiger partial charge in [-0.2, -0.15) is 0 Å². The third-order valence-electron chi connectivity index (χ3n) is 9.22. The van der Waals surface area contributed by atoms with E-state index in [1.165, 1.54) is 44.1 Å². The molecule has 192 valence electrons. The lowest BCUT2D eigenvalue weighted by atomic mass is 9.53. The van der Waals surface area contributed by atoms with Crippen molar-refractivity contribution in [3.05, 3.63) is 41.6 Å². The fraction of sp³-hybridized carbons (Fsp3) is 0.633. The second-order valence-corrected chi connectivity index (χ2v) is 12.3. The lowest BCUT2D eigenvalue weighted by Gasteiger charge is -2.57. The normalized spacial score (nSPS) is 29.5. The van der Waals surface area contributed by atoms with Crippen LogP contribution in [0, 0.1) is 24.7 Å². The molecule has 2 aromatic rings. The number of aromatic nitrogens is 2. The summed E-state index contributed by atoms with van der Waals surface area (Å²) in [6, 6.07) is 10.4. The molecule has 5 fully saturated rings. The number of hydrogen-bond donors (Lipinski definition) is 1. The van der Waals surface area contributed by atoms with E-state index in [0.29, 0.717) is 5.92 Å². The van der Waals surface area contributed by atoms with Gasteiger partial charge in [0.25, 0.3) is 0 Å². The molecule has 6 nitrogen and oxygen atoms in total. The number of nitrogens with one attached hydrogen (secondary N) is 1. The van der Waals surface area contributed by atoms with E-state index in [1.807, 2.05) is 18.2 Å². The monoisotopic (exact) mass is 487 g/mol. The van der Waals surface area contributed by atoms with Crippen LogP contribution in [0.15, 0.2) is 30.3 Å². The van der Waals surface area contributed by atoms with Gasteiger partial charge >= 0.3 is 6.03 Å². The number of amides is 2. The van der Waals surface area contributed by atoms with Crippen molar-refractivity contribution in [1.82, 2.24) is 20.2 Å². The van der Waals surface area contributed by atoms with E-state index >= 15 is 0 Å². The Morgan fingerprint density at radius 2 is 1.61 bits per heavy atom. The first-order valence-electron chi connectivity index (χ1n) is 14.1. The SMILES string of the molecule is Cc1nc(-c2ccccc2)nc(N2CCCN(C(=O)NC34CC5CC(CC(C5)C3)C4)CC2)c1C(C)C. The first-order valence-corrected chi connectivity index (χ1v) is 14.1. The minimum atomic E-state index is 0.0665. The average molecular weight is 488 g/mol. The molecule has 5 aliphatic rings. The Balaban J connectivity index is 1.19. The Kier molecular flexibility index (Phi) is 6.17. The summed E-state index contributed by atoms with van der Waals surface area (Å²) in [7, 11) is 0. The molecular weight excluding hydrogens is 446 g/mol. The van der Waals surface area contributed by atoms with E-state index in [9.17, 15) is 4.79 Å². The van der Waals surface area contributed by atoms with E-state index in [2.05, 4.69) is 48.0 Å². The smallest absolute Gasteiger partial charge is 0.317 e. The van der Waals surface area contributed by atoms with Crippen molar-refractivity contribution in [3.8, 4) is 11.4 Å². The van der Waals surface area contributed by atoms with Crippen LogP contribution < -0.4 is 10.2 Å². The van der Waals surface area contributed by atoms with Crippen LogP contribution in [-0.2, 0) is 0 Å². The van der Waals surface area contributed by atoms with Crippen molar-refractivity contribution in [3.63, 3.8) is 0 Å². The van der Waals surface area contributed by atoms with Crippen molar-refractivity contribution in [2.45, 2.75) is 77.2 Å². The number of aryl methyl sites for hydroxylation is 1. The fourth-order valence-corrected chi connectivity index (χ4v) is 8.10. The number of benzene rings is 1. The van der Waals surface area contributed by atoms with Gasteiger partial charge in [0, 0.05) is 48.5 Å². The summed E-state index contributed by atoms with van der Waals surface area (Å²) < 4.78 is 0. The van der Waals surface area contributed by atoms with E-state index in [4.69, 9.17) is 9.97 Å². The van der Waals surface area contributed by atoms with E-state index in [0.717, 1.165) is 73.3 Å². The predicted octanol–water partition coefficient (Wildman–Crippen LogP) is 5.77. The van der Waals surface area contributed by atoms with Gasteiger partial charge in [-0.3, -0.25) is 0 Å². The number of nitrogens with zero attached hydrogens (tertiary/aromatic N) is 4. The van der Waals surface area contributed by atoms with Crippen molar-refractivity contribution >= 4 is 11.8 Å². The first kappa shape index (κ1) is 23.7. The lowest BCUT2D eigenvalue weighted by Crippen LogP contribution is -2.62. The van der Waals surface area contributed by atoms with Crippen molar-refractivity contribution in [2.75, 3.05) is 31.1 Å². The van der Waals surface area contributed by atoms with Crippen molar-refractivity contribution < 1.29 is 4.79 Å². The summed E-state index contributed by atoms with van der Waals surface area (Å²) >= 11 is 0. The van der Waals surface area contributed by atoms with Crippen LogP contribution in [0.4, 0.5) is 10.6 Å². The molecule has 4 bridgehead atoms. The molecule has 36 heavy (non-hydrogen) atoms. The highest BCUT2D eigenvalue weighted by Crippen LogP contribution is 2.55. The quantitative estimate of drug-likeness (QED) is 0.595. The van der Waals surface area contributed by atoms with Crippen LogP contribution in [0.3, 0.4) is 0 Å². The Morgan fingerprint density at radius 1 is 0.944 bits per heavy atom. The van der Waals surface area contributed by atoms with E-state index in [-0.39, 0.29) is 11.6 Å². The van der Waals surface area contributed by atoms with Crippen molar-refractivity contribution in [2.24, 2.45) is 17.8 Å². The molecule has 0 atom stereocenters. The minimum Gasteiger partial charge on any atom is -0.354 e. The summed E-state index contributed by atoms with van der Waals surface area (Å²) in [6.45, 7) is 9.81. The molecule has 1 saturated heterocycles. The Morgan fingerprint density at radius 3 is 2.25 bits per heavy atom. The van der Waals surface area contributed by atoms with Gasteiger partial charge in [-0.05, 0) is 75.5 Å². The van der Waals surface area contributed by atoms with Gasteiger partial charge in [-0.25, -0.2) is 14.8 Å². The van der Waals surface area contributed by atoms with Gasteiger partial charge in [0.05, 0.1) is 0 Å². The molecule has 4 saturated carbocycles. The van der Waals surface area contributed by atoms with Crippen LogP contribution in [0.2, 0.25) is 0 Å². The maximum Gasteiger partial charge on any atom is 0.317 e. The summed E-state index contributed by atoms with van der Waals surface area (Å²) in [4.78, 5) is 28.0. The molecular formula is C30H41N5O. The van der Waals surface area contributed by atoms with Gasteiger partial charge in [0.15, 0.2) is 5.82 Å². The zero-order chi connectivity index (χ0) is 24.9. The molecule has 0 unspecified atom stereocenters. The maximum absolute atomic E-state index is 13.5. The molecule has 2 heterocycles. The number of hydrogen-bond acceptors (Lipinski definition) is 4. The van der Waals surface area contributed by atoms with Crippen LogP contribution in [0.5, 0.6) is 0 Å². The first-order chi connectivity index (χ1) is 17.4. The number of anilines is 1. The largest absolute Gasteiger partial charge is 0.354 e. The summed E-state index contributed by atoms with van der Waals surface area (Å²) in [5.41, 5.74) is 3.39. The predicted molar refractivity (Wildman–Crippen MR) is 144 cm³/mol. The van der Waals surface area contributed by atoms with Gasteiger partial charge in [-0.15, -0.1) is 0 Å². The third kappa shape index (κ3) is 4.48. The van der Waals surface area contributed by atoms with Gasteiger partial charge in [0.2, 0.25) is 0 Å². The second kappa shape index (κ2) is 9.35. The number of urea groups is 1. The van der Waals surface area contributed by atoms with Gasteiger partial charge < -0.3 is 15.1 Å². The average Bonchev–Trinajstić information content (AvgIpc) is 3.09. The molecule has 7 rings (SSSR count). The summed E-state index contributed by atoms with van der Waals surface area (Å²) in [5, 5.41) is 3.59. The molecule has 0 spiro atoms. The molecule has 1 aromatic heterocycles. The topological polar surface area (TPSA) is 61.4 Å². The summed E-state index contributed by atoms with van der Waals surface area (Å²) in [5.74, 6) is 4.68. The van der Waals surface area contributed by atoms with Crippen molar-refractivity contribution in [1.29, 1.82) is 0 Å². The number of carbonyl (C=O) groups excluding carboxylic acids is 1. The zero-order valence-electron chi connectivity index (χ0n) is 22.2. The van der Waals surface area contributed by atoms with Crippen LogP contribution in [0.25, 0.3) is 11.4 Å². The molecule has 2 amide bonds. The second-order valence-electron chi connectivity index (χ2n) is 12.3. The highest BCUT2D eigenvalue weighted by molar-refractivity contribution is 5.75. The molecule has 4 aliphatic carbocycles.